The molecule has 25 heavy (non-hydrogen) atoms. The third-order valence-electron chi connectivity index (χ3n) is 4.61. The molecular weight excluding hydrogens is 314 g/mol. The molecule has 2 aromatic carbocycles. The summed E-state index contributed by atoms with van der Waals surface area (Å²) in [5.41, 5.74) is 3.41. The van der Waals surface area contributed by atoms with Crippen molar-refractivity contribution in [2.45, 2.75) is 33.0 Å². The maximum atomic E-state index is 5.66. The molecule has 0 aliphatic carbocycles. The van der Waals surface area contributed by atoms with E-state index in [-0.39, 0.29) is 6.04 Å². The van der Waals surface area contributed by atoms with E-state index in [1.165, 1.54) is 11.1 Å². The smallest absolute Gasteiger partial charge is 0.161 e. The lowest BCUT2D eigenvalue weighted by atomic mass is 10.2. The quantitative estimate of drug-likeness (QED) is 0.771. The molecule has 1 aliphatic heterocycles. The Hall–Kier alpha value is -2.53. The van der Waals surface area contributed by atoms with Crippen molar-refractivity contribution in [2.75, 3.05) is 13.2 Å². The van der Waals surface area contributed by atoms with Crippen LogP contribution in [0.5, 0.6) is 11.5 Å². The van der Waals surface area contributed by atoms with E-state index in [9.17, 15) is 0 Å². The van der Waals surface area contributed by atoms with Crippen molar-refractivity contribution in [1.82, 2.24) is 14.9 Å². The van der Waals surface area contributed by atoms with Gasteiger partial charge in [0.25, 0.3) is 0 Å². The molecule has 2 heterocycles. The lowest BCUT2D eigenvalue weighted by molar-refractivity contribution is 0.171. The van der Waals surface area contributed by atoms with Gasteiger partial charge in [-0.1, -0.05) is 18.2 Å². The minimum atomic E-state index is 0.153. The maximum Gasteiger partial charge on any atom is 0.161 e. The lowest BCUT2D eigenvalue weighted by Crippen LogP contribution is -2.22. The first-order valence-corrected chi connectivity index (χ1v) is 8.83. The molecule has 1 aromatic heterocycles. The molecule has 1 atom stereocenters. The van der Waals surface area contributed by atoms with Gasteiger partial charge in [0.2, 0.25) is 0 Å². The van der Waals surface area contributed by atoms with Crippen LogP contribution in [0, 0.1) is 0 Å². The number of hydrogen-bond acceptors (Lipinski definition) is 4. The molecule has 3 aromatic rings. The average molecular weight is 337 g/mol. The summed E-state index contributed by atoms with van der Waals surface area (Å²) in [4.78, 5) is 4.82. The SMILES string of the molecule is CCn1c(C(C)NCc2ccc3c(c2)OCCO3)nc2ccccc21. The van der Waals surface area contributed by atoms with Crippen LogP contribution in [0.4, 0.5) is 0 Å². The number of aromatic nitrogens is 2. The molecule has 1 N–H and O–H groups in total. The summed E-state index contributed by atoms with van der Waals surface area (Å²) in [7, 11) is 0. The minimum absolute atomic E-state index is 0.153. The summed E-state index contributed by atoms with van der Waals surface area (Å²) in [5.74, 6) is 2.73. The Morgan fingerprint density at radius 1 is 1.12 bits per heavy atom. The largest absolute Gasteiger partial charge is 0.486 e. The summed E-state index contributed by atoms with van der Waals surface area (Å²) in [6.07, 6.45) is 0. The second kappa shape index (κ2) is 6.76. The van der Waals surface area contributed by atoms with E-state index < -0.39 is 0 Å². The summed E-state index contributed by atoms with van der Waals surface area (Å²) in [5, 5.41) is 3.58. The Morgan fingerprint density at radius 2 is 1.92 bits per heavy atom. The Kier molecular flexibility index (Phi) is 4.32. The van der Waals surface area contributed by atoms with E-state index in [0.717, 1.165) is 35.9 Å². The van der Waals surface area contributed by atoms with Crippen LogP contribution < -0.4 is 14.8 Å². The van der Waals surface area contributed by atoms with Gasteiger partial charge in [0.15, 0.2) is 11.5 Å². The molecule has 0 radical (unpaired) electrons. The fraction of sp³-hybridized carbons (Fsp3) is 0.350. The molecule has 1 unspecified atom stereocenters. The number of para-hydroxylation sites is 2. The Bertz CT molecular complexity index is 888. The molecule has 4 rings (SSSR count). The molecule has 5 heteroatoms. The summed E-state index contributed by atoms with van der Waals surface area (Å²) in [6.45, 7) is 7.21. The topological polar surface area (TPSA) is 48.3 Å². The van der Waals surface area contributed by atoms with E-state index in [1.807, 2.05) is 12.1 Å². The molecule has 0 saturated carbocycles. The van der Waals surface area contributed by atoms with Gasteiger partial charge in [-0.15, -0.1) is 0 Å². The number of nitrogens with one attached hydrogen (secondary N) is 1. The zero-order chi connectivity index (χ0) is 17.2. The molecule has 0 bridgehead atoms. The number of aryl methyl sites for hydroxylation is 1. The number of nitrogens with zero attached hydrogens (tertiary/aromatic N) is 2. The van der Waals surface area contributed by atoms with Crippen molar-refractivity contribution in [2.24, 2.45) is 0 Å². The molecule has 5 nitrogen and oxygen atoms in total. The summed E-state index contributed by atoms with van der Waals surface area (Å²) >= 11 is 0. The normalized spacial score (nSPS) is 14.6. The first-order chi connectivity index (χ1) is 12.3. The van der Waals surface area contributed by atoms with Gasteiger partial charge in [-0.25, -0.2) is 4.98 Å². The number of benzene rings is 2. The highest BCUT2D eigenvalue weighted by Crippen LogP contribution is 2.31. The number of rotatable bonds is 5. The van der Waals surface area contributed by atoms with Crippen LogP contribution in [0.1, 0.15) is 31.3 Å². The standard InChI is InChI=1S/C20H23N3O2/c1-3-23-17-7-5-4-6-16(17)22-20(23)14(2)21-13-15-8-9-18-19(12-15)25-11-10-24-18/h4-9,12,14,21H,3,10-11,13H2,1-2H3. The maximum absolute atomic E-state index is 5.66. The first-order valence-electron chi connectivity index (χ1n) is 8.83. The van der Waals surface area contributed by atoms with Crippen LogP contribution in [-0.4, -0.2) is 22.8 Å². The third-order valence-corrected chi connectivity index (χ3v) is 4.61. The monoisotopic (exact) mass is 337 g/mol. The van der Waals surface area contributed by atoms with E-state index in [0.29, 0.717) is 13.2 Å². The zero-order valence-corrected chi connectivity index (χ0v) is 14.7. The predicted molar refractivity (Wildman–Crippen MR) is 98.1 cm³/mol. The van der Waals surface area contributed by atoms with Gasteiger partial charge in [-0.3, -0.25) is 0 Å². The average Bonchev–Trinajstić information content (AvgIpc) is 3.04. The van der Waals surface area contributed by atoms with Gasteiger partial charge in [-0.05, 0) is 43.7 Å². The molecule has 130 valence electrons. The van der Waals surface area contributed by atoms with Gasteiger partial charge in [0.1, 0.15) is 19.0 Å². The van der Waals surface area contributed by atoms with Crippen LogP contribution in [0.2, 0.25) is 0 Å². The number of fused-ring (bicyclic) bond motifs is 2. The van der Waals surface area contributed by atoms with E-state index >= 15 is 0 Å². The molecule has 1 aliphatic rings. The van der Waals surface area contributed by atoms with Crippen molar-refractivity contribution < 1.29 is 9.47 Å². The van der Waals surface area contributed by atoms with E-state index in [1.54, 1.807) is 0 Å². The molecule has 0 saturated heterocycles. The minimum Gasteiger partial charge on any atom is -0.486 e. The Balaban J connectivity index is 1.52. The lowest BCUT2D eigenvalue weighted by Gasteiger charge is -2.20. The van der Waals surface area contributed by atoms with Crippen molar-refractivity contribution in [3.63, 3.8) is 0 Å². The second-order valence-electron chi connectivity index (χ2n) is 6.28. The first kappa shape index (κ1) is 16.0. The summed E-state index contributed by atoms with van der Waals surface area (Å²) < 4.78 is 13.5. The van der Waals surface area contributed by atoms with Crippen LogP contribution in [-0.2, 0) is 13.1 Å². The highest BCUT2D eigenvalue weighted by atomic mass is 16.6. The van der Waals surface area contributed by atoms with Crippen LogP contribution in [0.3, 0.4) is 0 Å². The van der Waals surface area contributed by atoms with Gasteiger partial charge in [0.05, 0.1) is 17.1 Å². The van der Waals surface area contributed by atoms with Crippen LogP contribution in [0.25, 0.3) is 11.0 Å². The van der Waals surface area contributed by atoms with Gasteiger partial charge < -0.3 is 19.4 Å². The summed E-state index contributed by atoms with van der Waals surface area (Å²) in [6, 6.07) is 14.6. The van der Waals surface area contributed by atoms with Crippen molar-refractivity contribution in [1.29, 1.82) is 0 Å². The molecule has 0 spiro atoms. The number of ether oxygens (including phenoxy) is 2. The van der Waals surface area contributed by atoms with Crippen molar-refractivity contribution in [3.05, 3.63) is 53.9 Å². The van der Waals surface area contributed by atoms with Gasteiger partial charge in [-0.2, -0.15) is 0 Å². The molecular formula is C20H23N3O2. The highest BCUT2D eigenvalue weighted by Gasteiger charge is 2.16. The van der Waals surface area contributed by atoms with Gasteiger partial charge in [0, 0.05) is 13.1 Å². The Labute approximate surface area is 147 Å². The number of hydrogen-bond donors (Lipinski definition) is 1. The van der Waals surface area contributed by atoms with Crippen molar-refractivity contribution >= 4 is 11.0 Å². The second-order valence-corrected chi connectivity index (χ2v) is 6.28. The molecule has 0 amide bonds. The fourth-order valence-corrected chi connectivity index (χ4v) is 3.32. The van der Waals surface area contributed by atoms with Crippen molar-refractivity contribution in [3.8, 4) is 11.5 Å². The molecule has 0 fully saturated rings. The fourth-order valence-electron chi connectivity index (χ4n) is 3.32. The predicted octanol–water partition coefficient (Wildman–Crippen LogP) is 3.68. The third kappa shape index (κ3) is 3.07. The van der Waals surface area contributed by atoms with Gasteiger partial charge >= 0.3 is 0 Å². The van der Waals surface area contributed by atoms with Crippen LogP contribution >= 0.6 is 0 Å². The van der Waals surface area contributed by atoms with E-state index in [2.05, 4.69) is 54.1 Å². The Morgan fingerprint density at radius 3 is 2.76 bits per heavy atom. The highest BCUT2D eigenvalue weighted by molar-refractivity contribution is 5.76. The zero-order valence-electron chi connectivity index (χ0n) is 14.7. The van der Waals surface area contributed by atoms with E-state index in [4.69, 9.17) is 14.5 Å². The van der Waals surface area contributed by atoms with Crippen LogP contribution in [0.15, 0.2) is 42.5 Å². The number of imidazole rings is 1.